The minimum Gasteiger partial charge on any atom is -0.496 e. The van der Waals surface area contributed by atoms with Crippen molar-refractivity contribution in [3.63, 3.8) is 0 Å². The SMILES string of the molecule is CCc1ccc(C(O)c2cc(C)c(OC)cc2C)cc1. The molecule has 106 valence electrons. The Morgan fingerprint density at radius 2 is 1.70 bits per heavy atom. The van der Waals surface area contributed by atoms with E-state index in [9.17, 15) is 5.11 Å². The van der Waals surface area contributed by atoms with E-state index in [1.54, 1.807) is 7.11 Å². The molecule has 0 aliphatic rings. The molecule has 0 aliphatic carbocycles. The van der Waals surface area contributed by atoms with E-state index in [0.29, 0.717) is 0 Å². The van der Waals surface area contributed by atoms with Gasteiger partial charge in [0.2, 0.25) is 0 Å². The molecule has 0 radical (unpaired) electrons. The predicted molar refractivity (Wildman–Crippen MR) is 82.3 cm³/mol. The largest absolute Gasteiger partial charge is 0.496 e. The Morgan fingerprint density at radius 3 is 2.25 bits per heavy atom. The summed E-state index contributed by atoms with van der Waals surface area (Å²) in [4.78, 5) is 0. The summed E-state index contributed by atoms with van der Waals surface area (Å²) in [6.45, 7) is 6.12. The molecule has 2 aromatic carbocycles. The molecule has 0 heterocycles. The van der Waals surface area contributed by atoms with Gasteiger partial charge in [-0.25, -0.2) is 0 Å². The molecular formula is C18H22O2. The van der Waals surface area contributed by atoms with Crippen molar-refractivity contribution in [2.24, 2.45) is 0 Å². The molecule has 1 unspecified atom stereocenters. The molecule has 2 nitrogen and oxygen atoms in total. The van der Waals surface area contributed by atoms with Crippen LogP contribution < -0.4 is 4.74 Å². The molecule has 0 fully saturated rings. The van der Waals surface area contributed by atoms with E-state index in [-0.39, 0.29) is 0 Å². The van der Waals surface area contributed by atoms with Crippen LogP contribution in [0.15, 0.2) is 36.4 Å². The van der Waals surface area contributed by atoms with Crippen molar-refractivity contribution in [2.45, 2.75) is 33.3 Å². The van der Waals surface area contributed by atoms with Gasteiger partial charge in [0.05, 0.1) is 7.11 Å². The van der Waals surface area contributed by atoms with E-state index in [2.05, 4.69) is 19.1 Å². The summed E-state index contributed by atoms with van der Waals surface area (Å²) in [7, 11) is 1.67. The molecule has 1 atom stereocenters. The van der Waals surface area contributed by atoms with Crippen LogP contribution in [0, 0.1) is 13.8 Å². The molecule has 0 aliphatic heterocycles. The average molecular weight is 270 g/mol. The normalized spacial score (nSPS) is 12.2. The van der Waals surface area contributed by atoms with E-state index in [0.717, 1.165) is 34.4 Å². The summed E-state index contributed by atoms with van der Waals surface area (Å²) in [5.74, 6) is 0.861. The minimum absolute atomic E-state index is 0.592. The van der Waals surface area contributed by atoms with Crippen LogP contribution in [-0.2, 0) is 6.42 Å². The molecule has 0 aromatic heterocycles. The van der Waals surface area contributed by atoms with Crippen molar-refractivity contribution in [3.8, 4) is 5.75 Å². The molecular weight excluding hydrogens is 248 g/mol. The zero-order valence-corrected chi connectivity index (χ0v) is 12.6. The van der Waals surface area contributed by atoms with Crippen LogP contribution in [0.3, 0.4) is 0 Å². The van der Waals surface area contributed by atoms with Crippen LogP contribution in [0.25, 0.3) is 0 Å². The van der Waals surface area contributed by atoms with Crippen molar-refractivity contribution >= 4 is 0 Å². The van der Waals surface area contributed by atoms with Gasteiger partial charge < -0.3 is 9.84 Å². The van der Waals surface area contributed by atoms with Gasteiger partial charge in [0.15, 0.2) is 0 Å². The van der Waals surface area contributed by atoms with Gasteiger partial charge in [-0.1, -0.05) is 31.2 Å². The van der Waals surface area contributed by atoms with Gasteiger partial charge in [-0.2, -0.15) is 0 Å². The van der Waals surface area contributed by atoms with Crippen LogP contribution in [0.4, 0.5) is 0 Å². The summed E-state index contributed by atoms with van der Waals surface area (Å²) in [5, 5.41) is 10.6. The van der Waals surface area contributed by atoms with Crippen LogP contribution in [0.1, 0.15) is 40.8 Å². The molecule has 20 heavy (non-hydrogen) atoms. The number of hydrogen-bond donors (Lipinski definition) is 1. The maximum absolute atomic E-state index is 10.6. The Balaban J connectivity index is 2.36. The lowest BCUT2D eigenvalue weighted by Gasteiger charge is -2.17. The van der Waals surface area contributed by atoms with Crippen molar-refractivity contribution in [2.75, 3.05) is 7.11 Å². The Labute approximate surface area is 121 Å². The Hall–Kier alpha value is -1.80. The third kappa shape index (κ3) is 2.86. The zero-order chi connectivity index (χ0) is 14.7. The maximum atomic E-state index is 10.6. The van der Waals surface area contributed by atoms with Gasteiger partial charge >= 0.3 is 0 Å². The third-order valence-corrected chi connectivity index (χ3v) is 3.78. The maximum Gasteiger partial charge on any atom is 0.122 e. The number of hydrogen-bond acceptors (Lipinski definition) is 2. The number of aliphatic hydroxyl groups excluding tert-OH is 1. The minimum atomic E-state index is -0.592. The molecule has 0 saturated heterocycles. The summed E-state index contributed by atoms with van der Waals surface area (Å²) >= 11 is 0. The van der Waals surface area contributed by atoms with Crippen LogP contribution in [0.5, 0.6) is 5.75 Å². The van der Waals surface area contributed by atoms with E-state index >= 15 is 0 Å². The first-order valence-electron chi connectivity index (χ1n) is 6.98. The zero-order valence-electron chi connectivity index (χ0n) is 12.6. The number of aliphatic hydroxyl groups is 1. The van der Waals surface area contributed by atoms with Gasteiger partial charge in [0.25, 0.3) is 0 Å². The molecule has 0 spiro atoms. The van der Waals surface area contributed by atoms with E-state index in [4.69, 9.17) is 4.74 Å². The number of rotatable bonds is 4. The molecule has 0 saturated carbocycles. The number of aryl methyl sites for hydroxylation is 3. The smallest absolute Gasteiger partial charge is 0.122 e. The standard InChI is InChI=1S/C18H22O2/c1-5-14-6-8-15(9-7-14)18(19)16-10-13(3)17(20-4)11-12(16)2/h6-11,18-19H,5H2,1-4H3. The molecule has 2 aromatic rings. The molecule has 2 rings (SSSR count). The van der Waals surface area contributed by atoms with Gasteiger partial charge in [0, 0.05) is 0 Å². The first-order chi connectivity index (χ1) is 9.56. The highest BCUT2D eigenvalue weighted by molar-refractivity contribution is 5.45. The third-order valence-electron chi connectivity index (χ3n) is 3.78. The number of benzene rings is 2. The fourth-order valence-electron chi connectivity index (χ4n) is 2.44. The molecule has 0 amide bonds. The highest BCUT2D eigenvalue weighted by Gasteiger charge is 2.15. The highest BCUT2D eigenvalue weighted by Crippen LogP contribution is 2.30. The topological polar surface area (TPSA) is 29.5 Å². The number of ether oxygens (including phenoxy) is 1. The Morgan fingerprint density at radius 1 is 1.05 bits per heavy atom. The van der Waals surface area contributed by atoms with Gasteiger partial charge in [0.1, 0.15) is 11.9 Å². The summed E-state index contributed by atoms with van der Waals surface area (Å²) < 4.78 is 5.31. The Kier molecular flexibility index (Phi) is 4.46. The second kappa shape index (κ2) is 6.10. The molecule has 2 heteroatoms. The van der Waals surface area contributed by atoms with Crippen molar-refractivity contribution in [1.82, 2.24) is 0 Å². The highest BCUT2D eigenvalue weighted by atomic mass is 16.5. The average Bonchev–Trinajstić information content (AvgIpc) is 2.48. The van der Waals surface area contributed by atoms with Crippen LogP contribution in [0.2, 0.25) is 0 Å². The lowest BCUT2D eigenvalue weighted by atomic mass is 9.94. The van der Waals surface area contributed by atoms with Crippen molar-refractivity contribution in [3.05, 3.63) is 64.2 Å². The van der Waals surface area contributed by atoms with Gasteiger partial charge in [-0.05, 0) is 60.2 Å². The van der Waals surface area contributed by atoms with Gasteiger partial charge in [-0.3, -0.25) is 0 Å². The second-order valence-electron chi connectivity index (χ2n) is 5.18. The number of methoxy groups -OCH3 is 1. The fourth-order valence-corrected chi connectivity index (χ4v) is 2.44. The van der Waals surface area contributed by atoms with E-state index < -0.39 is 6.10 Å². The predicted octanol–water partition coefficient (Wildman–Crippen LogP) is 3.96. The summed E-state index contributed by atoms with van der Waals surface area (Å²) in [6, 6.07) is 12.1. The van der Waals surface area contributed by atoms with Crippen molar-refractivity contribution < 1.29 is 9.84 Å². The van der Waals surface area contributed by atoms with Crippen molar-refractivity contribution in [1.29, 1.82) is 0 Å². The lowest BCUT2D eigenvalue weighted by Crippen LogP contribution is -2.03. The van der Waals surface area contributed by atoms with Crippen LogP contribution >= 0.6 is 0 Å². The lowest BCUT2D eigenvalue weighted by molar-refractivity contribution is 0.219. The second-order valence-corrected chi connectivity index (χ2v) is 5.18. The first kappa shape index (κ1) is 14.6. The van der Waals surface area contributed by atoms with Gasteiger partial charge in [-0.15, -0.1) is 0 Å². The quantitative estimate of drug-likeness (QED) is 0.911. The summed E-state index contributed by atoms with van der Waals surface area (Å²) in [6.07, 6.45) is 0.419. The summed E-state index contributed by atoms with van der Waals surface area (Å²) in [5.41, 5.74) is 5.22. The first-order valence-corrected chi connectivity index (χ1v) is 6.98. The monoisotopic (exact) mass is 270 g/mol. The van der Waals surface area contributed by atoms with Crippen LogP contribution in [-0.4, -0.2) is 12.2 Å². The fraction of sp³-hybridized carbons (Fsp3) is 0.333. The van der Waals surface area contributed by atoms with E-state index in [1.165, 1.54) is 5.56 Å². The van der Waals surface area contributed by atoms with E-state index in [1.807, 2.05) is 38.1 Å². The molecule has 1 N–H and O–H groups in total. The molecule has 0 bridgehead atoms. The Bertz CT molecular complexity index is 585.